The Hall–Kier alpha value is -3.96. The summed E-state index contributed by atoms with van der Waals surface area (Å²) in [5.41, 5.74) is 11.0. The molecule has 0 bridgehead atoms. The SMILES string of the molecule is [C-]#[N+]c1c(OC2CC2)cc(C)cc1-c1c(-c2ccc3c(=O)[nH]nc(CN)c3c2)cnn1C. The Morgan fingerprint density at radius 2 is 2.06 bits per heavy atom. The second-order valence-corrected chi connectivity index (χ2v) is 8.08. The summed E-state index contributed by atoms with van der Waals surface area (Å²) >= 11 is 0. The molecule has 8 heteroatoms. The molecule has 32 heavy (non-hydrogen) atoms. The van der Waals surface area contributed by atoms with E-state index in [0.717, 1.165) is 40.8 Å². The zero-order valence-electron chi connectivity index (χ0n) is 17.8. The normalized spacial score (nSPS) is 13.3. The number of nitrogens with two attached hydrogens (primary N) is 1. The zero-order chi connectivity index (χ0) is 22.4. The number of hydrogen-bond donors (Lipinski definition) is 2. The number of nitrogens with zero attached hydrogens (tertiary/aromatic N) is 4. The maximum Gasteiger partial charge on any atom is 0.272 e. The average Bonchev–Trinajstić information content (AvgIpc) is 3.52. The molecule has 2 heterocycles. The highest BCUT2D eigenvalue weighted by Crippen LogP contribution is 2.45. The molecule has 8 nitrogen and oxygen atoms in total. The van der Waals surface area contributed by atoms with Gasteiger partial charge in [0.1, 0.15) is 5.75 Å². The molecule has 0 atom stereocenters. The molecule has 1 fully saturated rings. The van der Waals surface area contributed by atoms with E-state index < -0.39 is 0 Å². The van der Waals surface area contributed by atoms with Crippen LogP contribution in [0.25, 0.3) is 38.0 Å². The van der Waals surface area contributed by atoms with Gasteiger partial charge in [-0.15, -0.1) is 0 Å². The van der Waals surface area contributed by atoms with Crippen molar-refractivity contribution >= 4 is 16.5 Å². The fourth-order valence-corrected chi connectivity index (χ4v) is 4.01. The van der Waals surface area contributed by atoms with Crippen molar-refractivity contribution in [2.24, 2.45) is 12.8 Å². The summed E-state index contributed by atoms with van der Waals surface area (Å²) in [4.78, 5) is 16.0. The summed E-state index contributed by atoms with van der Waals surface area (Å²) in [6.45, 7) is 10.0. The monoisotopic (exact) mass is 426 g/mol. The summed E-state index contributed by atoms with van der Waals surface area (Å²) in [5, 5.41) is 12.3. The first-order valence-electron chi connectivity index (χ1n) is 10.4. The Labute approximate surface area is 184 Å². The van der Waals surface area contributed by atoms with Crippen LogP contribution in [-0.4, -0.2) is 26.1 Å². The Morgan fingerprint density at radius 1 is 1.25 bits per heavy atom. The van der Waals surface area contributed by atoms with Crippen LogP contribution in [0, 0.1) is 13.5 Å². The predicted octanol–water partition coefficient (Wildman–Crippen LogP) is 3.85. The summed E-state index contributed by atoms with van der Waals surface area (Å²) < 4.78 is 7.82. The van der Waals surface area contributed by atoms with Gasteiger partial charge in [-0.05, 0) is 49.1 Å². The summed E-state index contributed by atoms with van der Waals surface area (Å²) in [7, 11) is 1.86. The fourth-order valence-electron chi connectivity index (χ4n) is 4.01. The van der Waals surface area contributed by atoms with Crippen LogP contribution in [0.5, 0.6) is 5.75 Å². The van der Waals surface area contributed by atoms with Crippen molar-refractivity contribution in [3.05, 3.63) is 69.6 Å². The van der Waals surface area contributed by atoms with E-state index in [9.17, 15) is 4.79 Å². The van der Waals surface area contributed by atoms with Gasteiger partial charge in [0.25, 0.3) is 5.56 Å². The van der Waals surface area contributed by atoms with Crippen molar-refractivity contribution in [1.29, 1.82) is 0 Å². The van der Waals surface area contributed by atoms with Gasteiger partial charge in [-0.1, -0.05) is 12.1 Å². The first-order chi connectivity index (χ1) is 15.5. The van der Waals surface area contributed by atoms with Crippen LogP contribution in [0.1, 0.15) is 24.1 Å². The van der Waals surface area contributed by atoms with E-state index in [2.05, 4.69) is 20.1 Å². The molecule has 0 radical (unpaired) electrons. The summed E-state index contributed by atoms with van der Waals surface area (Å²) in [5.74, 6) is 0.615. The van der Waals surface area contributed by atoms with Gasteiger partial charge in [0, 0.05) is 30.1 Å². The third-order valence-electron chi connectivity index (χ3n) is 5.71. The highest BCUT2D eigenvalue weighted by molar-refractivity contribution is 5.94. The quantitative estimate of drug-likeness (QED) is 0.472. The molecular formula is C24H22N6O2. The van der Waals surface area contributed by atoms with Crippen molar-refractivity contribution in [3.63, 3.8) is 0 Å². The maximum absolute atomic E-state index is 12.2. The van der Waals surface area contributed by atoms with E-state index in [1.54, 1.807) is 16.9 Å². The van der Waals surface area contributed by atoms with E-state index in [4.69, 9.17) is 17.0 Å². The molecule has 0 aliphatic heterocycles. The minimum atomic E-state index is -0.258. The molecular weight excluding hydrogens is 404 g/mol. The largest absolute Gasteiger partial charge is 0.501 e. The lowest BCUT2D eigenvalue weighted by atomic mass is 9.96. The number of hydrogen-bond acceptors (Lipinski definition) is 5. The minimum Gasteiger partial charge on any atom is -0.501 e. The molecule has 2 aromatic heterocycles. The molecule has 0 saturated heterocycles. The van der Waals surface area contributed by atoms with Crippen LogP contribution in [-0.2, 0) is 13.6 Å². The molecule has 0 unspecified atom stereocenters. The third kappa shape index (κ3) is 3.33. The van der Waals surface area contributed by atoms with Gasteiger partial charge in [-0.3, -0.25) is 9.48 Å². The molecule has 160 valence electrons. The van der Waals surface area contributed by atoms with E-state index in [-0.39, 0.29) is 18.2 Å². The van der Waals surface area contributed by atoms with Crippen LogP contribution in [0.4, 0.5) is 5.69 Å². The smallest absolute Gasteiger partial charge is 0.272 e. The average molecular weight is 426 g/mol. The predicted molar refractivity (Wildman–Crippen MR) is 123 cm³/mol. The maximum atomic E-state index is 12.2. The lowest BCUT2D eigenvalue weighted by Gasteiger charge is -2.15. The third-order valence-corrected chi connectivity index (χ3v) is 5.71. The summed E-state index contributed by atoms with van der Waals surface area (Å²) in [6, 6.07) is 9.48. The zero-order valence-corrected chi connectivity index (χ0v) is 17.8. The van der Waals surface area contributed by atoms with E-state index in [1.165, 1.54) is 0 Å². The van der Waals surface area contributed by atoms with Gasteiger partial charge in [0.15, 0.2) is 0 Å². The first-order valence-corrected chi connectivity index (χ1v) is 10.4. The molecule has 3 N–H and O–H groups in total. The number of H-pyrrole nitrogens is 1. The van der Waals surface area contributed by atoms with Crippen molar-refractivity contribution in [2.45, 2.75) is 32.4 Å². The van der Waals surface area contributed by atoms with Crippen LogP contribution >= 0.6 is 0 Å². The molecule has 4 aromatic rings. The number of aryl methyl sites for hydroxylation is 2. The second-order valence-electron chi connectivity index (χ2n) is 8.08. The lowest BCUT2D eigenvalue weighted by molar-refractivity contribution is 0.305. The van der Waals surface area contributed by atoms with Crippen molar-refractivity contribution in [1.82, 2.24) is 20.0 Å². The van der Waals surface area contributed by atoms with Gasteiger partial charge in [0.2, 0.25) is 5.69 Å². The van der Waals surface area contributed by atoms with E-state index in [0.29, 0.717) is 27.9 Å². The molecule has 0 spiro atoms. The number of aromatic nitrogens is 4. The number of nitrogens with one attached hydrogen (secondary N) is 1. The number of benzene rings is 2. The molecule has 1 aliphatic carbocycles. The lowest BCUT2D eigenvalue weighted by Crippen LogP contribution is -2.13. The Kier molecular flexibility index (Phi) is 4.76. The minimum absolute atomic E-state index is 0.192. The number of ether oxygens (including phenoxy) is 1. The Morgan fingerprint density at radius 3 is 2.78 bits per heavy atom. The number of rotatable bonds is 5. The van der Waals surface area contributed by atoms with Crippen molar-refractivity contribution < 1.29 is 4.74 Å². The Balaban J connectivity index is 1.73. The van der Waals surface area contributed by atoms with E-state index in [1.807, 2.05) is 38.2 Å². The van der Waals surface area contributed by atoms with Gasteiger partial charge >= 0.3 is 0 Å². The second kappa shape index (κ2) is 7.62. The fraction of sp³-hybridized carbons (Fsp3) is 0.250. The first kappa shape index (κ1) is 20.0. The highest BCUT2D eigenvalue weighted by atomic mass is 16.5. The number of aromatic amines is 1. The molecule has 2 aromatic carbocycles. The van der Waals surface area contributed by atoms with Gasteiger partial charge in [-0.2, -0.15) is 10.2 Å². The van der Waals surface area contributed by atoms with Gasteiger partial charge < -0.3 is 10.5 Å². The topological polar surface area (TPSA) is 103 Å². The van der Waals surface area contributed by atoms with Crippen molar-refractivity contribution in [3.8, 4) is 28.1 Å². The highest BCUT2D eigenvalue weighted by Gasteiger charge is 2.27. The van der Waals surface area contributed by atoms with Gasteiger partial charge in [0.05, 0.1) is 35.6 Å². The van der Waals surface area contributed by atoms with Crippen LogP contribution in [0.3, 0.4) is 0 Å². The van der Waals surface area contributed by atoms with Crippen LogP contribution in [0.15, 0.2) is 41.3 Å². The molecule has 1 saturated carbocycles. The Bertz CT molecular complexity index is 1460. The molecule has 1 aliphatic rings. The summed E-state index contributed by atoms with van der Waals surface area (Å²) in [6.07, 6.45) is 4.00. The standard InChI is InChI=1S/C24H22N6O2/c1-13-8-18(22(26-2)21(9-13)32-15-5-6-15)23-19(12-27-30(23)3)14-4-7-16-17(10-14)20(11-25)28-29-24(16)31/h4,7-10,12,15H,5-6,11,25H2,1,3H3,(H,29,31). The van der Waals surface area contributed by atoms with Gasteiger partial charge in [-0.25, -0.2) is 9.94 Å². The van der Waals surface area contributed by atoms with Crippen LogP contribution < -0.4 is 16.0 Å². The molecule has 0 amide bonds. The van der Waals surface area contributed by atoms with Crippen molar-refractivity contribution in [2.75, 3.05) is 0 Å². The van der Waals surface area contributed by atoms with E-state index >= 15 is 0 Å². The molecule has 5 rings (SSSR count). The van der Waals surface area contributed by atoms with Crippen LogP contribution in [0.2, 0.25) is 0 Å². The number of fused-ring (bicyclic) bond motifs is 1.